The van der Waals surface area contributed by atoms with E-state index in [4.69, 9.17) is 0 Å². The minimum absolute atomic E-state index is 0.0255. The van der Waals surface area contributed by atoms with E-state index in [2.05, 4.69) is 15.5 Å². The third kappa shape index (κ3) is 4.79. The van der Waals surface area contributed by atoms with Crippen molar-refractivity contribution >= 4 is 40.0 Å². The molecule has 1 aliphatic heterocycles. The number of carbonyl (C=O) groups is 2. The van der Waals surface area contributed by atoms with E-state index in [1.807, 2.05) is 90.2 Å². The van der Waals surface area contributed by atoms with Crippen molar-refractivity contribution in [1.82, 2.24) is 19.7 Å². The molecule has 0 spiro atoms. The lowest BCUT2D eigenvalue weighted by atomic mass is 10.1. The van der Waals surface area contributed by atoms with E-state index in [1.54, 1.807) is 0 Å². The number of aromatic nitrogens is 3. The summed E-state index contributed by atoms with van der Waals surface area (Å²) in [5, 5.41) is 14.6. The molecule has 1 aromatic heterocycles. The second-order valence-corrected chi connectivity index (χ2v) is 9.71. The normalized spacial score (nSPS) is 15.5. The lowest BCUT2D eigenvalue weighted by Crippen LogP contribution is -2.32. The summed E-state index contributed by atoms with van der Waals surface area (Å²) >= 11 is 1.34. The molecule has 0 aliphatic carbocycles. The van der Waals surface area contributed by atoms with E-state index in [9.17, 15) is 9.59 Å². The molecule has 2 amide bonds. The van der Waals surface area contributed by atoms with E-state index in [1.165, 1.54) is 11.8 Å². The first-order valence-electron chi connectivity index (χ1n) is 11.7. The SMILES string of the molecule is Cc1ccccc1C(=O)N1CCCC1c1nnc(SCC(=O)Nc2ccc3ccccc3c2)n1C. The molecule has 178 valence electrons. The number of amides is 2. The highest BCUT2D eigenvalue weighted by atomic mass is 32.2. The molecule has 4 aromatic rings. The van der Waals surface area contributed by atoms with E-state index in [-0.39, 0.29) is 23.6 Å². The molecule has 35 heavy (non-hydrogen) atoms. The summed E-state index contributed by atoms with van der Waals surface area (Å²) in [6.45, 7) is 2.65. The molecule has 8 heteroatoms. The number of fused-ring (bicyclic) bond motifs is 1. The fourth-order valence-corrected chi connectivity index (χ4v) is 5.30. The summed E-state index contributed by atoms with van der Waals surface area (Å²) in [5.74, 6) is 0.890. The molecule has 7 nitrogen and oxygen atoms in total. The monoisotopic (exact) mass is 485 g/mol. The Morgan fingerprint density at radius 2 is 1.80 bits per heavy atom. The Morgan fingerprint density at radius 3 is 2.63 bits per heavy atom. The average molecular weight is 486 g/mol. The van der Waals surface area contributed by atoms with Crippen LogP contribution in [0, 0.1) is 6.92 Å². The summed E-state index contributed by atoms with van der Waals surface area (Å²) in [6.07, 6.45) is 1.77. The fraction of sp³-hybridized carbons (Fsp3) is 0.259. The first-order valence-corrected chi connectivity index (χ1v) is 12.7. The van der Waals surface area contributed by atoms with Gasteiger partial charge in [-0.05, 0) is 54.3 Å². The van der Waals surface area contributed by atoms with Crippen LogP contribution in [-0.2, 0) is 11.8 Å². The molecule has 1 fully saturated rings. The zero-order valence-corrected chi connectivity index (χ0v) is 20.6. The molecule has 1 aliphatic rings. The van der Waals surface area contributed by atoms with Crippen LogP contribution < -0.4 is 5.32 Å². The van der Waals surface area contributed by atoms with Crippen LogP contribution in [0.2, 0.25) is 0 Å². The predicted octanol–water partition coefficient (Wildman–Crippen LogP) is 4.98. The van der Waals surface area contributed by atoms with E-state index in [0.717, 1.165) is 46.3 Å². The Bertz CT molecular complexity index is 1400. The number of thioether (sulfide) groups is 1. The zero-order valence-electron chi connectivity index (χ0n) is 19.8. The molecule has 3 aromatic carbocycles. The number of likely N-dealkylation sites (tertiary alicyclic amines) is 1. The van der Waals surface area contributed by atoms with Gasteiger partial charge < -0.3 is 14.8 Å². The summed E-state index contributed by atoms with van der Waals surface area (Å²) < 4.78 is 1.90. The van der Waals surface area contributed by atoms with Gasteiger partial charge in [-0.1, -0.05) is 60.3 Å². The van der Waals surface area contributed by atoms with Crippen LogP contribution in [0.15, 0.2) is 71.9 Å². The van der Waals surface area contributed by atoms with E-state index >= 15 is 0 Å². The van der Waals surface area contributed by atoms with Gasteiger partial charge in [0.25, 0.3) is 5.91 Å². The number of hydrogen-bond donors (Lipinski definition) is 1. The highest BCUT2D eigenvalue weighted by Crippen LogP contribution is 2.33. The van der Waals surface area contributed by atoms with Crippen molar-refractivity contribution in [1.29, 1.82) is 0 Å². The topological polar surface area (TPSA) is 80.1 Å². The van der Waals surface area contributed by atoms with Crippen molar-refractivity contribution in [3.8, 4) is 0 Å². The van der Waals surface area contributed by atoms with Crippen LogP contribution in [0.4, 0.5) is 5.69 Å². The molecule has 0 bridgehead atoms. The van der Waals surface area contributed by atoms with Gasteiger partial charge in [-0.2, -0.15) is 0 Å². The highest BCUT2D eigenvalue weighted by molar-refractivity contribution is 7.99. The van der Waals surface area contributed by atoms with Gasteiger partial charge in [0.05, 0.1) is 11.8 Å². The standard InChI is InChI=1S/C27H27N5O2S/c1-18-8-3-6-11-22(18)26(34)32-15-7-12-23(32)25-29-30-27(31(25)2)35-17-24(33)28-21-14-13-19-9-4-5-10-20(19)16-21/h3-6,8-11,13-14,16,23H,7,12,15,17H2,1-2H3,(H,28,33). The number of anilines is 1. The van der Waals surface area contributed by atoms with Gasteiger partial charge in [0.2, 0.25) is 5.91 Å². The van der Waals surface area contributed by atoms with Crippen LogP contribution in [0.1, 0.15) is 40.6 Å². The minimum Gasteiger partial charge on any atom is -0.328 e. The molecule has 1 atom stereocenters. The fourth-order valence-electron chi connectivity index (χ4n) is 4.58. The lowest BCUT2D eigenvalue weighted by Gasteiger charge is -2.24. The first-order chi connectivity index (χ1) is 17.0. The average Bonchev–Trinajstić information content (AvgIpc) is 3.49. The Labute approximate surface area is 208 Å². The molecular weight excluding hydrogens is 458 g/mol. The van der Waals surface area contributed by atoms with Crippen molar-refractivity contribution in [3.63, 3.8) is 0 Å². The van der Waals surface area contributed by atoms with Crippen LogP contribution in [0.3, 0.4) is 0 Å². The van der Waals surface area contributed by atoms with Crippen molar-refractivity contribution in [3.05, 3.63) is 83.7 Å². The number of benzene rings is 3. The quantitative estimate of drug-likeness (QED) is 0.390. The van der Waals surface area contributed by atoms with Crippen molar-refractivity contribution in [2.45, 2.75) is 31.0 Å². The van der Waals surface area contributed by atoms with Gasteiger partial charge in [0.15, 0.2) is 11.0 Å². The highest BCUT2D eigenvalue weighted by Gasteiger charge is 2.34. The second kappa shape index (κ2) is 9.92. The Hall–Kier alpha value is -3.65. The van der Waals surface area contributed by atoms with Gasteiger partial charge in [-0.25, -0.2) is 0 Å². The second-order valence-electron chi connectivity index (χ2n) is 8.77. The molecule has 2 heterocycles. The molecule has 0 radical (unpaired) electrons. The Kier molecular flexibility index (Phi) is 6.55. The van der Waals surface area contributed by atoms with E-state index in [0.29, 0.717) is 11.7 Å². The minimum atomic E-state index is -0.125. The third-order valence-electron chi connectivity index (χ3n) is 6.42. The van der Waals surface area contributed by atoms with Crippen molar-refractivity contribution in [2.24, 2.45) is 7.05 Å². The van der Waals surface area contributed by atoms with E-state index < -0.39 is 0 Å². The predicted molar refractivity (Wildman–Crippen MR) is 138 cm³/mol. The maximum absolute atomic E-state index is 13.3. The number of nitrogens with one attached hydrogen (secondary N) is 1. The van der Waals surface area contributed by atoms with Gasteiger partial charge in [0.1, 0.15) is 0 Å². The molecule has 0 saturated carbocycles. The Balaban J connectivity index is 1.25. The van der Waals surface area contributed by atoms with Crippen LogP contribution in [0.5, 0.6) is 0 Å². The summed E-state index contributed by atoms with van der Waals surface area (Å²) in [7, 11) is 1.90. The van der Waals surface area contributed by atoms with Gasteiger partial charge in [-0.15, -0.1) is 10.2 Å². The molecule has 1 saturated heterocycles. The zero-order chi connectivity index (χ0) is 24.4. The van der Waals surface area contributed by atoms with Gasteiger partial charge in [0, 0.05) is 24.8 Å². The van der Waals surface area contributed by atoms with Crippen LogP contribution in [-0.4, -0.2) is 43.8 Å². The van der Waals surface area contributed by atoms with Gasteiger partial charge >= 0.3 is 0 Å². The Morgan fingerprint density at radius 1 is 1.03 bits per heavy atom. The van der Waals surface area contributed by atoms with Crippen LogP contribution in [0.25, 0.3) is 10.8 Å². The smallest absolute Gasteiger partial charge is 0.254 e. The number of hydrogen-bond acceptors (Lipinski definition) is 5. The third-order valence-corrected chi connectivity index (χ3v) is 7.44. The molecule has 5 rings (SSSR count). The van der Waals surface area contributed by atoms with Crippen molar-refractivity contribution < 1.29 is 9.59 Å². The summed E-state index contributed by atoms with van der Waals surface area (Å²) in [6, 6.07) is 21.5. The molecule has 1 N–H and O–H groups in total. The summed E-state index contributed by atoms with van der Waals surface area (Å²) in [4.78, 5) is 27.7. The molecular formula is C27H27N5O2S. The summed E-state index contributed by atoms with van der Waals surface area (Å²) in [5.41, 5.74) is 2.46. The number of rotatable bonds is 6. The maximum Gasteiger partial charge on any atom is 0.254 e. The largest absolute Gasteiger partial charge is 0.328 e. The van der Waals surface area contributed by atoms with Crippen molar-refractivity contribution in [2.75, 3.05) is 17.6 Å². The molecule has 1 unspecified atom stereocenters. The number of carbonyl (C=O) groups excluding carboxylic acids is 2. The van der Waals surface area contributed by atoms with Gasteiger partial charge in [-0.3, -0.25) is 9.59 Å². The lowest BCUT2D eigenvalue weighted by molar-refractivity contribution is -0.113. The number of nitrogens with zero attached hydrogens (tertiary/aromatic N) is 4. The number of aryl methyl sites for hydroxylation is 1. The first kappa shape index (κ1) is 23.1. The van der Waals surface area contributed by atoms with Crippen LogP contribution >= 0.6 is 11.8 Å². The maximum atomic E-state index is 13.3.